The van der Waals surface area contributed by atoms with E-state index in [4.69, 9.17) is 0 Å². The number of ether oxygens (including phenoxy) is 1. The summed E-state index contributed by atoms with van der Waals surface area (Å²) in [6.07, 6.45) is 2.12. The zero-order valence-electron chi connectivity index (χ0n) is 14.7. The van der Waals surface area contributed by atoms with Crippen LogP contribution >= 0.6 is 0 Å². The van der Waals surface area contributed by atoms with Gasteiger partial charge in [-0.25, -0.2) is 18.4 Å². The monoisotopic (exact) mass is 389 g/mol. The maximum atomic E-state index is 14.4. The summed E-state index contributed by atoms with van der Waals surface area (Å²) in [7, 11) is -2.52. The van der Waals surface area contributed by atoms with Gasteiger partial charge in [-0.15, -0.1) is 0 Å². The molecule has 1 aliphatic carbocycles. The second kappa shape index (κ2) is 6.71. The summed E-state index contributed by atoms with van der Waals surface area (Å²) >= 11 is 0. The first kappa shape index (κ1) is 18.9. The van der Waals surface area contributed by atoms with Gasteiger partial charge in [0.1, 0.15) is 11.5 Å². The lowest BCUT2D eigenvalue weighted by molar-refractivity contribution is -0.141. The molecule has 1 aromatic heterocycles. The zero-order chi connectivity index (χ0) is 19.1. The quantitative estimate of drug-likeness (QED) is 0.572. The lowest BCUT2D eigenvalue weighted by Crippen LogP contribution is -2.30. The van der Waals surface area contributed by atoms with Gasteiger partial charge < -0.3 is 9.64 Å². The van der Waals surface area contributed by atoms with Crippen LogP contribution in [0.3, 0.4) is 0 Å². The highest BCUT2D eigenvalue weighted by atomic mass is 32.2. The van der Waals surface area contributed by atoms with E-state index in [2.05, 4.69) is 14.7 Å². The van der Waals surface area contributed by atoms with Gasteiger partial charge in [-0.3, -0.25) is 4.79 Å². The molecule has 1 aliphatic heterocycles. The van der Waals surface area contributed by atoms with Crippen molar-refractivity contribution in [2.24, 2.45) is 5.92 Å². The van der Waals surface area contributed by atoms with E-state index in [0.29, 0.717) is 31.5 Å². The number of hydrogen-bond donors (Lipinski definition) is 0. The first-order chi connectivity index (χ1) is 12.1. The Bertz CT molecular complexity index is 829. The topological polar surface area (TPSA) is 89.5 Å². The van der Waals surface area contributed by atoms with Crippen molar-refractivity contribution in [1.29, 1.82) is 0 Å². The van der Waals surface area contributed by atoms with Crippen molar-refractivity contribution in [2.45, 2.75) is 43.2 Å². The Morgan fingerprint density at radius 1 is 1.38 bits per heavy atom. The number of aromatic nitrogens is 2. The van der Waals surface area contributed by atoms with Crippen LogP contribution in [0.2, 0.25) is 0 Å². The molecular weight excluding hydrogens is 368 g/mol. The van der Waals surface area contributed by atoms with Crippen LogP contribution in [0.15, 0.2) is 5.16 Å². The second-order valence-corrected chi connectivity index (χ2v) is 8.78. The molecule has 26 heavy (non-hydrogen) atoms. The summed E-state index contributed by atoms with van der Waals surface area (Å²) in [6.45, 7) is 0.952. The number of fused-ring (bicyclic) bond motifs is 1. The molecule has 0 radical (unpaired) electrons. The molecule has 3 rings (SSSR count). The van der Waals surface area contributed by atoms with E-state index in [0.717, 1.165) is 6.26 Å². The SMILES string of the molecule is COC(=O)CC1CCN(c2nc(S(C)(=O)=O)nc3c2CCCC3(F)F)C1. The first-order valence-electron chi connectivity index (χ1n) is 8.43. The van der Waals surface area contributed by atoms with Crippen molar-refractivity contribution >= 4 is 21.6 Å². The van der Waals surface area contributed by atoms with Gasteiger partial charge in [-0.1, -0.05) is 0 Å². The largest absolute Gasteiger partial charge is 0.469 e. The molecule has 0 aromatic carbocycles. The van der Waals surface area contributed by atoms with Crippen molar-refractivity contribution in [3.8, 4) is 0 Å². The minimum atomic E-state index is -3.83. The summed E-state index contributed by atoms with van der Waals surface area (Å²) in [4.78, 5) is 21.1. The van der Waals surface area contributed by atoms with Gasteiger partial charge in [-0.05, 0) is 25.2 Å². The summed E-state index contributed by atoms with van der Waals surface area (Å²) < 4.78 is 57.2. The fourth-order valence-corrected chi connectivity index (χ4v) is 4.04. The molecule has 0 saturated carbocycles. The molecule has 7 nitrogen and oxygen atoms in total. The molecule has 0 spiro atoms. The van der Waals surface area contributed by atoms with E-state index in [1.807, 2.05) is 0 Å². The number of carbonyl (C=O) groups is 1. The lowest BCUT2D eigenvalue weighted by Gasteiger charge is -2.29. The van der Waals surface area contributed by atoms with E-state index >= 15 is 0 Å². The number of sulfone groups is 1. The van der Waals surface area contributed by atoms with Crippen LogP contribution in [-0.4, -0.2) is 50.8 Å². The van der Waals surface area contributed by atoms with Gasteiger partial charge in [0.05, 0.1) is 13.5 Å². The van der Waals surface area contributed by atoms with Crippen LogP contribution < -0.4 is 4.90 Å². The third-order valence-corrected chi connectivity index (χ3v) is 5.67. The van der Waals surface area contributed by atoms with Crippen LogP contribution in [0.5, 0.6) is 0 Å². The van der Waals surface area contributed by atoms with Gasteiger partial charge in [0.15, 0.2) is 0 Å². The Labute approximate surface area is 150 Å². The van der Waals surface area contributed by atoms with E-state index < -0.39 is 26.6 Å². The van der Waals surface area contributed by atoms with E-state index in [1.54, 1.807) is 4.90 Å². The highest BCUT2D eigenvalue weighted by molar-refractivity contribution is 7.90. The summed E-state index contributed by atoms with van der Waals surface area (Å²) in [5, 5.41) is -0.579. The molecule has 1 fully saturated rings. The predicted molar refractivity (Wildman–Crippen MR) is 88.9 cm³/mol. The summed E-state index contributed by atoms with van der Waals surface area (Å²) in [5.74, 6) is -3.23. The number of halogens is 2. The zero-order valence-corrected chi connectivity index (χ0v) is 15.5. The molecular formula is C16H21F2N3O4S. The van der Waals surface area contributed by atoms with Crippen LogP contribution in [-0.2, 0) is 31.7 Å². The van der Waals surface area contributed by atoms with Crippen LogP contribution in [0.1, 0.15) is 36.9 Å². The third kappa shape index (κ3) is 3.65. The predicted octanol–water partition coefficient (Wildman–Crippen LogP) is 1.70. The fourth-order valence-electron chi connectivity index (χ4n) is 3.53. The fraction of sp³-hybridized carbons (Fsp3) is 0.688. The third-order valence-electron chi connectivity index (χ3n) is 4.83. The van der Waals surface area contributed by atoms with Gasteiger partial charge in [0, 0.05) is 31.3 Å². The van der Waals surface area contributed by atoms with Gasteiger partial charge in [-0.2, -0.15) is 8.78 Å². The minimum Gasteiger partial charge on any atom is -0.469 e. The van der Waals surface area contributed by atoms with Crippen molar-refractivity contribution in [3.63, 3.8) is 0 Å². The van der Waals surface area contributed by atoms with Crippen LogP contribution in [0.4, 0.5) is 14.6 Å². The van der Waals surface area contributed by atoms with Crippen LogP contribution in [0, 0.1) is 5.92 Å². The van der Waals surface area contributed by atoms with Crippen LogP contribution in [0.25, 0.3) is 0 Å². The number of nitrogens with zero attached hydrogens (tertiary/aromatic N) is 3. The average Bonchev–Trinajstić information content (AvgIpc) is 3.01. The van der Waals surface area contributed by atoms with Crippen molar-refractivity contribution in [3.05, 3.63) is 11.3 Å². The Hall–Kier alpha value is -1.84. The number of esters is 1. The highest BCUT2D eigenvalue weighted by Gasteiger charge is 2.42. The number of hydrogen-bond acceptors (Lipinski definition) is 7. The molecule has 0 amide bonds. The normalized spacial score (nSPS) is 22.2. The lowest BCUT2D eigenvalue weighted by atomic mass is 9.93. The molecule has 2 heterocycles. The van der Waals surface area contributed by atoms with Gasteiger partial charge >= 0.3 is 5.97 Å². The molecule has 1 atom stereocenters. The van der Waals surface area contributed by atoms with Crippen molar-refractivity contribution in [2.75, 3.05) is 31.4 Å². The number of rotatable bonds is 4. The molecule has 1 aromatic rings. The minimum absolute atomic E-state index is 0.0128. The Balaban J connectivity index is 2.00. The van der Waals surface area contributed by atoms with E-state index in [-0.39, 0.29) is 37.0 Å². The number of alkyl halides is 2. The van der Waals surface area contributed by atoms with Gasteiger partial charge in [0.25, 0.3) is 5.92 Å². The molecule has 0 N–H and O–H groups in total. The number of carbonyl (C=O) groups excluding carboxylic acids is 1. The average molecular weight is 389 g/mol. The molecule has 2 aliphatic rings. The Kier molecular flexibility index (Phi) is 4.89. The molecule has 1 saturated heterocycles. The molecule has 10 heteroatoms. The maximum Gasteiger partial charge on any atom is 0.305 e. The molecule has 0 bridgehead atoms. The highest BCUT2D eigenvalue weighted by Crippen LogP contribution is 2.42. The second-order valence-electron chi connectivity index (χ2n) is 6.87. The smallest absolute Gasteiger partial charge is 0.305 e. The number of anilines is 1. The van der Waals surface area contributed by atoms with Crippen molar-refractivity contribution in [1.82, 2.24) is 9.97 Å². The van der Waals surface area contributed by atoms with Gasteiger partial charge in [0.2, 0.25) is 15.0 Å². The van der Waals surface area contributed by atoms with E-state index in [9.17, 15) is 22.0 Å². The summed E-state index contributed by atoms with van der Waals surface area (Å²) in [6, 6.07) is 0. The van der Waals surface area contributed by atoms with Crippen molar-refractivity contribution < 1.29 is 26.7 Å². The number of methoxy groups -OCH3 is 1. The standard InChI is InChI=1S/C16H21F2N3O4S/c1-25-12(22)8-10-5-7-21(9-10)14-11-4-3-6-16(17,18)13(11)19-15(20-14)26(2,23)24/h10H,3-9H2,1-2H3. The maximum absolute atomic E-state index is 14.4. The molecule has 1 unspecified atom stereocenters. The first-order valence-corrected chi connectivity index (χ1v) is 10.3. The molecule has 144 valence electrons. The Morgan fingerprint density at radius 2 is 2.12 bits per heavy atom. The Morgan fingerprint density at radius 3 is 2.77 bits per heavy atom. The van der Waals surface area contributed by atoms with E-state index in [1.165, 1.54) is 7.11 Å². The summed E-state index contributed by atoms with van der Waals surface area (Å²) in [5.41, 5.74) is -0.169.